The molecule has 2 aromatic rings. The molecule has 0 aliphatic carbocycles. The minimum absolute atomic E-state index is 0.210. The lowest BCUT2D eigenvalue weighted by molar-refractivity contribution is 0.307. The van der Waals surface area contributed by atoms with E-state index in [1.54, 1.807) is 0 Å². The number of halogens is 1. The van der Waals surface area contributed by atoms with Gasteiger partial charge in [-0.3, -0.25) is 0 Å². The fourth-order valence-electron chi connectivity index (χ4n) is 2.35. The molecule has 0 radical (unpaired) electrons. The molecule has 1 aromatic heterocycles. The number of aromatic nitrogens is 1. The quantitative estimate of drug-likeness (QED) is 0.881. The van der Waals surface area contributed by atoms with Gasteiger partial charge in [0.2, 0.25) is 0 Å². The standard InChI is InChI=1S/C13H18ClN3/c1-8-12(11(7-15)17(2)3)9-5-4-6-10(14)13(9)16-8/h4-6,11,16H,7,15H2,1-3H3. The Morgan fingerprint density at radius 2 is 2.12 bits per heavy atom. The molecule has 0 spiro atoms. The number of nitrogens with two attached hydrogens (primary N) is 1. The van der Waals surface area contributed by atoms with Gasteiger partial charge in [-0.15, -0.1) is 0 Å². The van der Waals surface area contributed by atoms with Gasteiger partial charge in [0.15, 0.2) is 0 Å². The second kappa shape index (κ2) is 4.69. The van der Waals surface area contributed by atoms with Gasteiger partial charge in [-0.2, -0.15) is 0 Å². The summed E-state index contributed by atoms with van der Waals surface area (Å²) in [5.41, 5.74) is 9.26. The Balaban J connectivity index is 2.68. The smallest absolute Gasteiger partial charge is 0.0648 e. The maximum Gasteiger partial charge on any atom is 0.0648 e. The molecule has 0 saturated heterocycles. The monoisotopic (exact) mass is 251 g/mol. The van der Waals surface area contributed by atoms with Crippen LogP contribution in [0.5, 0.6) is 0 Å². The number of para-hydroxylation sites is 1. The number of fused-ring (bicyclic) bond motifs is 1. The van der Waals surface area contributed by atoms with Crippen molar-refractivity contribution in [2.24, 2.45) is 5.73 Å². The van der Waals surface area contributed by atoms with Gasteiger partial charge in [0.05, 0.1) is 10.5 Å². The van der Waals surface area contributed by atoms with Crippen LogP contribution < -0.4 is 5.73 Å². The maximum atomic E-state index is 6.19. The summed E-state index contributed by atoms with van der Waals surface area (Å²) in [6.45, 7) is 2.66. The number of likely N-dealkylation sites (N-methyl/N-ethyl adjacent to an activating group) is 1. The van der Waals surface area contributed by atoms with Crippen LogP contribution in [-0.2, 0) is 0 Å². The lowest BCUT2D eigenvalue weighted by atomic mass is 10.0. The van der Waals surface area contributed by atoms with Gasteiger partial charge >= 0.3 is 0 Å². The van der Waals surface area contributed by atoms with Crippen molar-refractivity contribution in [2.45, 2.75) is 13.0 Å². The summed E-state index contributed by atoms with van der Waals surface area (Å²) >= 11 is 6.19. The van der Waals surface area contributed by atoms with Crippen molar-refractivity contribution in [1.29, 1.82) is 0 Å². The summed E-state index contributed by atoms with van der Waals surface area (Å²) in [6, 6.07) is 6.18. The largest absolute Gasteiger partial charge is 0.357 e. The molecule has 4 heteroatoms. The Hall–Kier alpha value is -1.03. The lowest BCUT2D eigenvalue weighted by Gasteiger charge is -2.23. The van der Waals surface area contributed by atoms with Gasteiger partial charge in [-0.1, -0.05) is 23.7 Å². The van der Waals surface area contributed by atoms with Crippen molar-refractivity contribution in [3.8, 4) is 0 Å². The van der Waals surface area contributed by atoms with Crippen LogP contribution in [-0.4, -0.2) is 30.5 Å². The van der Waals surface area contributed by atoms with Crippen molar-refractivity contribution in [3.05, 3.63) is 34.5 Å². The van der Waals surface area contributed by atoms with Gasteiger partial charge in [0, 0.05) is 23.7 Å². The van der Waals surface area contributed by atoms with E-state index in [4.69, 9.17) is 17.3 Å². The maximum absolute atomic E-state index is 6.19. The first-order valence-electron chi connectivity index (χ1n) is 5.69. The molecule has 0 saturated carbocycles. The SMILES string of the molecule is Cc1[nH]c2c(Cl)cccc2c1C(CN)N(C)C. The van der Waals surface area contributed by atoms with Gasteiger partial charge < -0.3 is 15.6 Å². The Morgan fingerprint density at radius 3 is 2.71 bits per heavy atom. The molecule has 2 rings (SSSR count). The topological polar surface area (TPSA) is 45.1 Å². The molecule has 1 atom stereocenters. The molecule has 3 nitrogen and oxygen atoms in total. The summed E-state index contributed by atoms with van der Waals surface area (Å²) in [7, 11) is 4.08. The third-order valence-corrected chi connectivity index (χ3v) is 3.52. The molecule has 1 aromatic carbocycles. The molecule has 0 bridgehead atoms. The minimum Gasteiger partial charge on any atom is -0.357 e. The Bertz CT molecular complexity index is 531. The number of rotatable bonds is 3. The molecular formula is C13H18ClN3. The fourth-order valence-corrected chi connectivity index (χ4v) is 2.57. The molecule has 3 N–H and O–H groups in total. The van der Waals surface area contributed by atoms with Crippen LogP contribution in [0.1, 0.15) is 17.3 Å². The minimum atomic E-state index is 0.210. The Morgan fingerprint density at radius 1 is 1.41 bits per heavy atom. The van der Waals surface area contributed by atoms with E-state index in [9.17, 15) is 0 Å². The second-order valence-electron chi connectivity index (χ2n) is 4.54. The van der Waals surface area contributed by atoms with E-state index in [1.807, 2.05) is 26.2 Å². The number of hydrogen-bond donors (Lipinski definition) is 2. The Kier molecular flexibility index (Phi) is 3.43. The van der Waals surface area contributed by atoms with Gasteiger partial charge in [0.25, 0.3) is 0 Å². The predicted molar refractivity (Wildman–Crippen MR) is 73.5 cm³/mol. The van der Waals surface area contributed by atoms with Crippen molar-refractivity contribution in [3.63, 3.8) is 0 Å². The second-order valence-corrected chi connectivity index (χ2v) is 4.95. The highest BCUT2D eigenvalue weighted by Crippen LogP contribution is 2.33. The predicted octanol–water partition coefficient (Wildman–Crippen LogP) is 2.69. The van der Waals surface area contributed by atoms with Crippen LogP contribution in [0, 0.1) is 6.92 Å². The average Bonchev–Trinajstić information content (AvgIpc) is 2.59. The first kappa shape index (κ1) is 12.4. The van der Waals surface area contributed by atoms with Gasteiger partial charge in [-0.25, -0.2) is 0 Å². The summed E-state index contributed by atoms with van der Waals surface area (Å²) in [5, 5.41) is 1.92. The van der Waals surface area contributed by atoms with E-state index in [1.165, 1.54) is 10.9 Å². The fraction of sp³-hybridized carbons (Fsp3) is 0.385. The first-order valence-corrected chi connectivity index (χ1v) is 6.07. The number of nitrogens with zero attached hydrogens (tertiary/aromatic N) is 1. The van der Waals surface area contributed by atoms with Crippen LogP contribution in [0.15, 0.2) is 18.2 Å². The zero-order valence-corrected chi connectivity index (χ0v) is 11.2. The van der Waals surface area contributed by atoms with Crippen molar-refractivity contribution < 1.29 is 0 Å². The number of benzene rings is 1. The molecule has 0 fully saturated rings. The summed E-state index contributed by atoms with van der Waals surface area (Å²) in [4.78, 5) is 5.49. The number of aromatic amines is 1. The molecule has 17 heavy (non-hydrogen) atoms. The van der Waals surface area contributed by atoms with E-state index in [-0.39, 0.29) is 6.04 Å². The van der Waals surface area contributed by atoms with E-state index < -0.39 is 0 Å². The molecule has 0 aliphatic rings. The highest BCUT2D eigenvalue weighted by atomic mass is 35.5. The molecular weight excluding hydrogens is 234 g/mol. The van der Waals surface area contributed by atoms with Gasteiger partial charge in [0.1, 0.15) is 0 Å². The summed E-state index contributed by atoms with van der Waals surface area (Å²) in [5.74, 6) is 0. The van der Waals surface area contributed by atoms with Crippen LogP contribution >= 0.6 is 11.6 Å². The van der Waals surface area contributed by atoms with E-state index in [0.29, 0.717) is 6.54 Å². The molecule has 1 heterocycles. The van der Waals surface area contributed by atoms with Crippen molar-refractivity contribution in [2.75, 3.05) is 20.6 Å². The van der Waals surface area contributed by atoms with Crippen molar-refractivity contribution in [1.82, 2.24) is 9.88 Å². The lowest BCUT2D eigenvalue weighted by Crippen LogP contribution is -2.27. The van der Waals surface area contributed by atoms with Crippen LogP contribution in [0.2, 0.25) is 5.02 Å². The zero-order chi connectivity index (χ0) is 12.6. The number of hydrogen-bond acceptors (Lipinski definition) is 2. The highest BCUT2D eigenvalue weighted by Gasteiger charge is 2.20. The first-order chi connectivity index (χ1) is 8.06. The summed E-state index contributed by atoms with van der Waals surface area (Å²) in [6.07, 6.45) is 0. The summed E-state index contributed by atoms with van der Waals surface area (Å²) < 4.78 is 0. The van der Waals surface area contributed by atoms with Crippen molar-refractivity contribution >= 4 is 22.5 Å². The van der Waals surface area contributed by atoms with Crippen LogP contribution in [0.25, 0.3) is 10.9 Å². The van der Waals surface area contributed by atoms with Crippen LogP contribution in [0.4, 0.5) is 0 Å². The van der Waals surface area contributed by atoms with E-state index in [0.717, 1.165) is 16.2 Å². The van der Waals surface area contributed by atoms with Crippen LogP contribution in [0.3, 0.4) is 0 Å². The van der Waals surface area contributed by atoms with E-state index >= 15 is 0 Å². The zero-order valence-electron chi connectivity index (χ0n) is 10.4. The normalized spacial score (nSPS) is 13.5. The Labute approximate surface area is 107 Å². The third kappa shape index (κ3) is 2.06. The van der Waals surface area contributed by atoms with Gasteiger partial charge in [-0.05, 0) is 32.6 Å². The third-order valence-electron chi connectivity index (χ3n) is 3.20. The number of nitrogens with one attached hydrogen (secondary N) is 1. The highest BCUT2D eigenvalue weighted by molar-refractivity contribution is 6.35. The number of aryl methyl sites for hydroxylation is 1. The molecule has 92 valence electrons. The number of H-pyrrole nitrogens is 1. The van der Waals surface area contributed by atoms with E-state index in [2.05, 4.69) is 22.9 Å². The molecule has 1 unspecified atom stereocenters. The average molecular weight is 252 g/mol. The molecule has 0 amide bonds. The molecule has 0 aliphatic heterocycles.